The summed E-state index contributed by atoms with van der Waals surface area (Å²) < 4.78 is 26.0. The van der Waals surface area contributed by atoms with Crippen LogP contribution in [0, 0.1) is 0 Å². The molecule has 1 aromatic rings. The number of aromatic amines is 1. The second-order valence-electron chi connectivity index (χ2n) is 3.90. The maximum atomic E-state index is 12.3. The third-order valence-electron chi connectivity index (χ3n) is 2.43. The molecule has 1 heterocycles. The van der Waals surface area contributed by atoms with Gasteiger partial charge in [-0.3, -0.25) is 4.79 Å². The van der Waals surface area contributed by atoms with Gasteiger partial charge in [-0.05, 0) is 12.8 Å². The Labute approximate surface area is 112 Å². The molecule has 0 aliphatic rings. The lowest BCUT2D eigenvalue weighted by atomic mass is 10.4. The van der Waals surface area contributed by atoms with Crippen LogP contribution in [-0.4, -0.2) is 30.8 Å². The molecule has 0 bridgehead atoms. The summed E-state index contributed by atoms with van der Waals surface area (Å²) in [6, 6.07) is 0. The number of hydrogen-bond acceptors (Lipinski definition) is 3. The summed E-state index contributed by atoms with van der Waals surface area (Å²) in [5.74, 6) is 0. The molecule has 0 aliphatic carbocycles. The zero-order valence-corrected chi connectivity index (χ0v) is 12.0. The second-order valence-corrected chi connectivity index (χ2v) is 6.21. The molecule has 1 aromatic heterocycles. The van der Waals surface area contributed by atoms with Crippen molar-refractivity contribution in [1.82, 2.24) is 9.29 Å². The highest BCUT2D eigenvalue weighted by molar-refractivity contribution is 7.89. The summed E-state index contributed by atoms with van der Waals surface area (Å²) in [5.41, 5.74) is -0.660. The van der Waals surface area contributed by atoms with E-state index in [4.69, 9.17) is 11.6 Å². The quantitative estimate of drug-likeness (QED) is 0.870. The molecule has 0 fully saturated rings. The van der Waals surface area contributed by atoms with Crippen LogP contribution in [0.2, 0.25) is 5.02 Å². The van der Waals surface area contributed by atoms with E-state index in [1.807, 2.05) is 13.8 Å². The summed E-state index contributed by atoms with van der Waals surface area (Å²) in [5, 5.41) is -0.121. The Morgan fingerprint density at radius 3 is 2.28 bits per heavy atom. The Balaban J connectivity index is 3.26. The molecule has 0 radical (unpaired) electrons. The minimum absolute atomic E-state index is 0.121. The molecule has 0 saturated carbocycles. The topological polar surface area (TPSA) is 70.2 Å². The summed E-state index contributed by atoms with van der Waals surface area (Å²) in [4.78, 5) is 14.1. The highest BCUT2D eigenvalue weighted by atomic mass is 35.5. The molecule has 102 valence electrons. The molecule has 0 spiro atoms. The Hall–Kier alpha value is -0.850. The molecule has 0 amide bonds. The second kappa shape index (κ2) is 6.36. The Morgan fingerprint density at radius 2 is 1.78 bits per heavy atom. The number of aromatic nitrogens is 1. The molecule has 0 unspecified atom stereocenters. The first-order valence-electron chi connectivity index (χ1n) is 5.81. The lowest BCUT2D eigenvalue weighted by molar-refractivity contribution is 0.409. The molecule has 0 aromatic carbocycles. The van der Waals surface area contributed by atoms with Gasteiger partial charge in [-0.2, -0.15) is 4.31 Å². The van der Waals surface area contributed by atoms with E-state index in [1.54, 1.807) is 0 Å². The first kappa shape index (κ1) is 15.2. The van der Waals surface area contributed by atoms with Gasteiger partial charge >= 0.3 is 0 Å². The number of hydrogen-bond donors (Lipinski definition) is 1. The van der Waals surface area contributed by atoms with Gasteiger partial charge in [0.15, 0.2) is 0 Å². The largest absolute Gasteiger partial charge is 0.365 e. The number of nitrogens with one attached hydrogen (secondary N) is 1. The van der Waals surface area contributed by atoms with Crippen LogP contribution in [0.1, 0.15) is 26.7 Å². The fourth-order valence-electron chi connectivity index (χ4n) is 1.62. The summed E-state index contributed by atoms with van der Waals surface area (Å²) >= 11 is 5.65. The van der Waals surface area contributed by atoms with Gasteiger partial charge in [0.2, 0.25) is 15.5 Å². The Bertz CT molecular complexity index is 548. The van der Waals surface area contributed by atoms with E-state index in [2.05, 4.69) is 4.98 Å². The first-order valence-corrected chi connectivity index (χ1v) is 7.63. The van der Waals surface area contributed by atoms with Gasteiger partial charge in [-0.1, -0.05) is 25.4 Å². The van der Waals surface area contributed by atoms with Crippen molar-refractivity contribution in [1.29, 1.82) is 0 Å². The average Bonchev–Trinajstić information content (AvgIpc) is 2.32. The average molecular weight is 293 g/mol. The van der Waals surface area contributed by atoms with Gasteiger partial charge in [0.25, 0.3) is 0 Å². The van der Waals surface area contributed by atoms with Crippen LogP contribution in [0.15, 0.2) is 22.1 Å². The lowest BCUT2D eigenvalue weighted by Crippen LogP contribution is -2.35. The smallest absolute Gasteiger partial charge is 0.248 e. The number of nitrogens with zero attached hydrogens (tertiary/aromatic N) is 1. The predicted octanol–water partition coefficient (Wildman–Crippen LogP) is 1.84. The standard InChI is InChI=1S/C11H17ClN2O3S/c1-3-5-14(6-4-2)18(16,17)10-8-13-7-9(12)11(10)15/h7-8H,3-6H2,1-2H3,(H,13,15). The van der Waals surface area contributed by atoms with Gasteiger partial charge < -0.3 is 4.98 Å². The zero-order chi connectivity index (χ0) is 13.8. The molecule has 7 heteroatoms. The number of rotatable bonds is 6. The highest BCUT2D eigenvalue weighted by Crippen LogP contribution is 2.14. The van der Waals surface area contributed by atoms with Crippen molar-refractivity contribution in [2.24, 2.45) is 0 Å². The molecule has 0 aliphatic heterocycles. The monoisotopic (exact) mass is 292 g/mol. The number of pyridine rings is 1. The van der Waals surface area contributed by atoms with Gasteiger partial charge in [-0.25, -0.2) is 8.42 Å². The molecule has 0 atom stereocenters. The maximum absolute atomic E-state index is 12.3. The van der Waals surface area contributed by atoms with E-state index in [0.717, 1.165) is 0 Å². The fourth-order valence-corrected chi connectivity index (χ4v) is 3.53. The van der Waals surface area contributed by atoms with E-state index < -0.39 is 15.5 Å². The van der Waals surface area contributed by atoms with Crippen molar-refractivity contribution in [2.45, 2.75) is 31.6 Å². The normalized spacial score (nSPS) is 12.0. The van der Waals surface area contributed by atoms with E-state index in [9.17, 15) is 13.2 Å². The molecular weight excluding hydrogens is 276 g/mol. The summed E-state index contributed by atoms with van der Waals surface area (Å²) in [6.07, 6.45) is 3.84. The van der Waals surface area contributed by atoms with Crippen molar-refractivity contribution >= 4 is 21.6 Å². The van der Waals surface area contributed by atoms with Crippen molar-refractivity contribution in [3.8, 4) is 0 Å². The van der Waals surface area contributed by atoms with Gasteiger partial charge in [0, 0.05) is 25.5 Å². The van der Waals surface area contributed by atoms with Crippen LogP contribution >= 0.6 is 11.6 Å². The fraction of sp³-hybridized carbons (Fsp3) is 0.545. The third-order valence-corrected chi connectivity index (χ3v) is 4.61. The van der Waals surface area contributed by atoms with E-state index in [1.165, 1.54) is 16.7 Å². The molecular formula is C11H17ClN2O3S. The molecule has 18 heavy (non-hydrogen) atoms. The van der Waals surface area contributed by atoms with Gasteiger partial charge in [0.1, 0.15) is 9.92 Å². The summed E-state index contributed by atoms with van der Waals surface area (Å²) in [6.45, 7) is 4.56. The van der Waals surface area contributed by atoms with Crippen LogP contribution in [0.3, 0.4) is 0 Å². The van der Waals surface area contributed by atoms with E-state index >= 15 is 0 Å². The van der Waals surface area contributed by atoms with Crippen LogP contribution < -0.4 is 5.43 Å². The Kier molecular flexibility index (Phi) is 5.37. The lowest BCUT2D eigenvalue weighted by Gasteiger charge is -2.20. The highest BCUT2D eigenvalue weighted by Gasteiger charge is 2.26. The van der Waals surface area contributed by atoms with Gasteiger partial charge in [0.05, 0.1) is 0 Å². The van der Waals surface area contributed by atoms with Crippen LogP contribution in [0.4, 0.5) is 0 Å². The SMILES string of the molecule is CCCN(CCC)S(=O)(=O)c1c[nH]cc(Cl)c1=O. The van der Waals surface area contributed by atoms with Crippen LogP contribution in [-0.2, 0) is 10.0 Å². The summed E-state index contributed by atoms with van der Waals surface area (Å²) in [7, 11) is -3.77. The van der Waals surface area contributed by atoms with Crippen LogP contribution in [0.25, 0.3) is 0 Å². The van der Waals surface area contributed by atoms with Crippen LogP contribution in [0.5, 0.6) is 0 Å². The van der Waals surface area contributed by atoms with Crippen molar-refractivity contribution in [3.63, 3.8) is 0 Å². The van der Waals surface area contributed by atoms with Gasteiger partial charge in [-0.15, -0.1) is 0 Å². The van der Waals surface area contributed by atoms with Crippen molar-refractivity contribution in [2.75, 3.05) is 13.1 Å². The Morgan fingerprint density at radius 1 is 1.22 bits per heavy atom. The molecule has 5 nitrogen and oxygen atoms in total. The first-order chi connectivity index (χ1) is 8.45. The number of sulfonamides is 1. The molecule has 1 rings (SSSR count). The third kappa shape index (κ3) is 3.13. The maximum Gasteiger partial charge on any atom is 0.248 e. The van der Waals surface area contributed by atoms with E-state index in [0.29, 0.717) is 25.9 Å². The number of H-pyrrole nitrogens is 1. The zero-order valence-electron chi connectivity index (χ0n) is 10.4. The van der Waals surface area contributed by atoms with Crippen molar-refractivity contribution in [3.05, 3.63) is 27.6 Å². The minimum Gasteiger partial charge on any atom is -0.365 e. The molecule has 0 saturated heterocycles. The predicted molar refractivity (Wildman–Crippen MR) is 71.4 cm³/mol. The minimum atomic E-state index is -3.77. The van der Waals surface area contributed by atoms with E-state index in [-0.39, 0.29) is 9.92 Å². The van der Waals surface area contributed by atoms with Crippen molar-refractivity contribution < 1.29 is 8.42 Å². The number of halogens is 1. The molecule has 1 N–H and O–H groups in total.